The summed E-state index contributed by atoms with van der Waals surface area (Å²) in [7, 11) is 0. The average Bonchev–Trinajstić information content (AvgIpc) is 3.80. The minimum atomic E-state index is 0.726. The molecule has 0 aliphatic rings. The lowest BCUT2D eigenvalue weighted by Gasteiger charge is -2.14. The smallest absolute Gasteiger partial charge is 0.170 e. The molecule has 0 bridgehead atoms. The van der Waals surface area contributed by atoms with Crippen LogP contribution in [0.15, 0.2) is 206 Å². The Kier molecular flexibility index (Phi) is 8.83. The molecule has 0 unspecified atom stereocenters. The summed E-state index contributed by atoms with van der Waals surface area (Å²) in [5.41, 5.74) is 15.5. The van der Waals surface area contributed by atoms with E-state index in [2.05, 4.69) is 200 Å². The molecule has 0 atom stereocenters. The van der Waals surface area contributed by atoms with Crippen molar-refractivity contribution in [2.45, 2.75) is 0 Å². The van der Waals surface area contributed by atoms with Gasteiger partial charge in [0.05, 0.1) is 16.3 Å². The maximum atomic E-state index is 5.24. The zero-order valence-electron chi connectivity index (χ0n) is 28.9. The van der Waals surface area contributed by atoms with Crippen LogP contribution in [0.25, 0.3) is 88.9 Å². The van der Waals surface area contributed by atoms with Crippen LogP contribution < -0.4 is 0 Å². The molecule has 9 aromatic rings. The van der Waals surface area contributed by atoms with E-state index in [1.165, 1.54) is 33.4 Å². The third-order valence-electron chi connectivity index (χ3n) is 9.59. The molecule has 0 aliphatic heterocycles. The second-order valence-electron chi connectivity index (χ2n) is 13.1. The van der Waals surface area contributed by atoms with Crippen LogP contribution in [0.5, 0.6) is 0 Å². The lowest BCUT2D eigenvalue weighted by molar-refractivity contribution is 1.19. The first kappa shape index (κ1) is 32.2. The Morgan fingerprint density at radius 3 is 1.13 bits per heavy atom. The molecule has 9 rings (SSSR count). The van der Waals surface area contributed by atoms with E-state index in [9.17, 15) is 0 Å². The van der Waals surface area contributed by atoms with E-state index in [1.54, 1.807) is 11.3 Å². The van der Waals surface area contributed by atoms with Crippen molar-refractivity contribution in [3.63, 3.8) is 0 Å². The quantitative estimate of drug-likeness (QED) is 0.158. The molecule has 0 fully saturated rings. The third kappa shape index (κ3) is 6.99. The molecule has 53 heavy (non-hydrogen) atoms. The SMILES string of the molecule is c1ccc(-c2ccc(-c3cc(-c4cc(-c5cccc(-c6ccccc6)c5)cc(-c5cccc(-c6ccccc6)c5)c4)nc(-c4cccs4)n3)cc2)cc1. The van der Waals surface area contributed by atoms with Gasteiger partial charge in [0.1, 0.15) is 0 Å². The van der Waals surface area contributed by atoms with Gasteiger partial charge in [-0.25, -0.2) is 9.97 Å². The number of nitrogens with zero attached hydrogens (tertiary/aromatic N) is 2. The number of benzene rings is 7. The standard InChI is InChI=1S/C50H34N2S/c1-4-13-35(14-5-1)38-24-26-39(27-25-38)47-34-48(52-50(51-47)49-23-12-28-53-49)46-32-44(42-21-10-19-40(29-42)36-15-6-2-7-16-36)31-45(33-46)43-22-11-20-41(30-43)37-17-8-3-9-18-37/h1-34H. The van der Waals surface area contributed by atoms with E-state index in [-0.39, 0.29) is 0 Å². The summed E-state index contributed by atoms with van der Waals surface area (Å²) in [5.74, 6) is 0.726. The fourth-order valence-corrected chi connectivity index (χ4v) is 7.51. The van der Waals surface area contributed by atoms with E-state index in [0.717, 1.165) is 55.5 Å². The van der Waals surface area contributed by atoms with Crippen molar-refractivity contribution >= 4 is 11.3 Å². The fourth-order valence-electron chi connectivity index (χ4n) is 6.85. The molecular formula is C50H34N2S. The van der Waals surface area contributed by atoms with Crippen molar-refractivity contribution < 1.29 is 0 Å². The lowest BCUT2D eigenvalue weighted by Crippen LogP contribution is -1.96. The molecule has 0 radical (unpaired) electrons. The second kappa shape index (κ2) is 14.5. The first-order chi connectivity index (χ1) is 26.2. The van der Waals surface area contributed by atoms with Gasteiger partial charge in [0.25, 0.3) is 0 Å². The van der Waals surface area contributed by atoms with Crippen LogP contribution in [0.3, 0.4) is 0 Å². The van der Waals surface area contributed by atoms with Crippen LogP contribution in [-0.2, 0) is 0 Å². The van der Waals surface area contributed by atoms with Gasteiger partial charge in [-0.1, -0.05) is 158 Å². The Bertz CT molecular complexity index is 2530. The van der Waals surface area contributed by atoms with Crippen LogP contribution in [0.2, 0.25) is 0 Å². The van der Waals surface area contributed by atoms with E-state index in [4.69, 9.17) is 9.97 Å². The van der Waals surface area contributed by atoms with Crippen LogP contribution in [0.4, 0.5) is 0 Å². The summed E-state index contributed by atoms with van der Waals surface area (Å²) in [6.07, 6.45) is 0. The molecule has 0 saturated heterocycles. The van der Waals surface area contributed by atoms with Gasteiger partial charge < -0.3 is 0 Å². The Hall–Kier alpha value is -6.68. The number of hydrogen-bond acceptors (Lipinski definition) is 3. The van der Waals surface area contributed by atoms with Crippen molar-refractivity contribution in [2.24, 2.45) is 0 Å². The van der Waals surface area contributed by atoms with E-state index in [1.807, 2.05) is 6.07 Å². The molecule has 0 amide bonds. The van der Waals surface area contributed by atoms with Gasteiger partial charge in [0.15, 0.2) is 5.82 Å². The molecule has 7 aromatic carbocycles. The van der Waals surface area contributed by atoms with Gasteiger partial charge in [-0.2, -0.15) is 0 Å². The molecule has 250 valence electrons. The van der Waals surface area contributed by atoms with Gasteiger partial charge in [-0.05, 0) is 103 Å². The molecule has 0 saturated carbocycles. The highest BCUT2D eigenvalue weighted by atomic mass is 32.1. The van der Waals surface area contributed by atoms with E-state index in [0.29, 0.717) is 0 Å². The highest BCUT2D eigenvalue weighted by molar-refractivity contribution is 7.13. The van der Waals surface area contributed by atoms with Crippen LogP contribution in [0, 0.1) is 0 Å². The zero-order chi connectivity index (χ0) is 35.4. The maximum Gasteiger partial charge on any atom is 0.170 e. The predicted octanol–water partition coefficient (Wildman–Crippen LogP) is 13.9. The first-order valence-electron chi connectivity index (χ1n) is 17.8. The third-order valence-corrected chi connectivity index (χ3v) is 10.5. The monoisotopic (exact) mass is 694 g/mol. The summed E-state index contributed by atoms with van der Waals surface area (Å²) in [6, 6.07) is 71.1. The summed E-state index contributed by atoms with van der Waals surface area (Å²) in [5, 5.41) is 2.08. The average molecular weight is 695 g/mol. The summed E-state index contributed by atoms with van der Waals surface area (Å²) >= 11 is 1.66. The zero-order valence-corrected chi connectivity index (χ0v) is 29.7. The topological polar surface area (TPSA) is 25.8 Å². The van der Waals surface area contributed by atoms with Crippen LogP contribution >= 0.6 is 11.3 Å². The lowest BCUT2D eigenvalue weighted by atomic mass is 9.92. The maximum absolute atomic E-state index is 5.24. The highest BCUT2D eigenvalue weighted by Crippen LogP contribution is 2.37. The minimum absolute atomic E-state index is 0.726. The van der Waals surface area contributed by atoms with Crippen LogP contribution in [-0.4, -0.2) is 9.97 Å². The largest absolute Gasteiger partial charge is 0.227 e. The van der Waals surface area contributed by atoms with Gasteiger partial charge in [-0.3, -0.25) is 0 Å². The Morgan fingerprint density at radius 2 is 0.642 bits per heavy atom. The molecule has 2 heterocycles. The van der Waals surface area contributed by atoms with Gasteiger partial charge in [0, 0.05) is 11.1 Å². The Labute approximate surface area is 314 Å². The number of thiophene rings is 1. The number of rotatable bonds is 8. The van der Waals surface area contributed by atoms with Crippen molar-refractivity contribution in [1.29, 1.82) is 0 Å². The number of aromatic nitrogens is 2. The molecular weight excluding hydrogens is 661 g/mol. The predicted molar refractivity (Wildman–Crippen MR) is 223 cm³/mol. The van der Waals surface area contributed by atoms with Gasteiger partial charge in [-0.15, -0.1) is 11.3 Å². The summed E-state index contributed by atoms with van der Waals surface area (Å²) in [4.78, 5) is 11.4. The van der Waals surface area contributed by atoms with Crippen molar-refractivity contribution in [3.05, 3.63) is 206 Å². The summed E-state index contributed by atoms with van der Waals surface area (Å²) in [6.45, 7) is 0. The normalized spacial score (nSPS) is 11.0. The highest BCUT2D eigenvalue weighted by Gasteiger charge is 2.15. The van der Waals surface area contributed by atoms with Crippen molar-refractivity contribution in [2.75, 3.05) is 0 Å². The van der Waals surface area contributed by atoms with Crippen molar-refractivity contribution in [1.82, 2.24) is 9.97 Å². The molecule has 3 heteroatoms. The minimum Gasteiger partial charge on any atom is -0.227 e. The Balaban J connectivity index is 1.21. The summed E-state index contributed by atoms with van der Waals surface area (Å²) < 4.78 is 0. The second-order valence-corrected chi connectivity index (χ2v) is 14.0. The molecule has 0 aliphatic carbocycles. The molecule has 0 N–H and O–H groups in total. The van der Waals surface area contributed by atoms with Crippen molar-refractivity contribution in [3.8, 4) is 88.9 Å². The fraction of sp³-hybridized carbons (Fsp3) is 0. The van der Waals surface area contributed by atoms with E-state index >= 15 is 0 Å². The van der Waals surface area contributed by atoms with Gasteiger partial charge in [0.2, 0.25) is 0 Å². The Morgan fingerprint density at radius 1 is 0.264 bits per heavy atom. The first-order valence-corrected chi connectivity index (χ1v) is 18.7. The number of hydrogen-bond donors (Lipinski definition) is 0. The molecule has 2 nitrogen and oxygen atoms in total. The van der Waals surface area contributed by atoms with Gasteiger partial charge >= 0.3 is 0 Å². The van der Waals surface area contributed by atoms with E-state index < -0.39 is 0 Å². The van der Waals surface area contributed by atoms with Crippen LogP contribution in [0.1, 0.15) is 0 Å². The molecule has 2 aromatic heterocycles. The molecule has 0 spiro atoms.